The fourth-order valence-electron chi connectivity index (χ4n) is 9.82. The summed E-state index contributed by atoms with van der Waals surface area (Å²) in [6, 6.07) is 5.91. The summed E-state index contributed by atoms with van der Waals surface area (Å²) in [6.07, 6.45) is 8.41. The first kappa shape index (κ1) is 36.9. The average molecular weight is 660 g/mol. The molecule has 5 N–H and O–H groups in total. The second-order valence-electron chi connectivity index (χ2n) is 16.8. The first-order valence-electron chi connectivity index (χ1n) is 17.6. The molecule has 0 aromatic heterocycles. The zero-order valence-corrected chi connectivity index (χ0v) is 30.3. The van der Waals surface area contributed by atoms with Crippen LogP contribution in [0.3, 0.4) is 0 Å². The van der Waals surface area contributed by atoms with Crippen LogP contribution in [0.15, 0.2) is 29.2 Å². The van der Waals surface area contributed by atoms with Crippen LogP contribution in [0.25, 0.3) is 0 Å². The van der Waals surface area contributed by atoms with Crippen LogP contribution in [-0.4, -0.2) is 49.6 Å². The molecule has 46 heavy (non-hydrogen) atoms. The summed E-state index contributed by atoms with van der Waals surface area (Å²) in [5, 5.41) is 34.1. The van der Waals surface area contributed by atoms with Crippen molar-refractivity contribution in [3.8, 4) is 0 Å². The third-order valence-electron chi connectivity index (χ3n) is 13.3. The summed E-state index contributed by atoms with van der Waals surface area (Å²) in [5.41, 5.74) is 0.237. The van der Waals surface area contributed by atoms with Gasteiger partial charge in [-0.25, -0.2) is 17.9 Å². The standard InChI is InChI=1S/C37H61N3O5S/c1-9-29-31-21-27(41)16-17-37(31,8)35(6,23-38)18-19-36(7)26(20-32(29)42)12-15-30(36)24(2)22-39-33(43)40-46(44,45)28-13-10-25(11-14-28)34(3,4)5/h10-11,13-14,23-24,26-27,29-32,38,41-42H,9,12,15-22H2,1-8H3,(H2,39,40,43)/t24-,26+,27-,29-,30-,31?,32+,35?,36+,37?/m1/s1. The summed E-state index contributed by atoms with van der Waals surface area (Å²) in [7, 11) is -4.01. The third kappa shape index (κ3) is 7.07. The number of carbonyl (C=O) groups excluding carboxylic acids is 1. The quantitative estimate of drug-likeness (QED) is 0.200. The van der Waals surface area contributed by atoms with Crippen LogP contribution < -0.4 is 10.0 Å². The lowest BCUT2D eigenvalue weighted by Gasteiger charge is -2.57. The fraction of sp³-hybridized carbons (Fsp3) is 0.784. The van der Waals surface area contributed by atoms with E-state index in [1.165, 1.54) is 12.1 Å². The van der Waals surface area contributed by atoms with Crippen LogP contribution in [0.5, 0.6) is 0 Å². The normalized spacial score (nSPS) is 37.8. The molecule has 260 valence electrons. The summed E-state index contributed by atoms with van der Waals surface area (Å²) in [4.78, 5) is 12.9. The van der Waals surface area contributed by atoms with Gasteiger partial charge in [-0.1, -0.05) is 73.9 Å². The number of hydrogen-bond donors (Lipinski definition) is 5. The monoisotopic (exact) mass is 659 g/mol. The van der Waals surface area contributed by atoms with Gasteiger partial charge in [-0.15, -0.1) is 0 Å². The first-order valence-corrected chi connectivity index (χ1v) is 19.1. The number of aliphatic hydroxyl groups excluding tert-OH is 2. The lowest BCUT2D eigenvalue weighted by Crippen LogP contribution is -2.54. The summed E-state index contributed by atoms with van der Waals surface area (Å²) in [6.45, 7) is 17.7. The van der Waals surface area contributed by atoms with Crippen LogP contribution in [0.2, 0.25) is 0 Å². The molecule has 0 saturated heterocycles. The third-order valence-corrected chi connectivity index (χ3v) is 14.6. The lowest BCUT2D eigenvalue weighted by molar-refractivity contribution is -0.107. The zero-order valence-electron chi connectivity index (χ0n) is 29.5. The van der Waals surface area contributed by atoms with Gasteiger partial charge in [-0.05, 0) is 115 Å². The molecule has 3 fully saturated rings. The minimum absolute atomic E-state index is 0.0537. The van der Waals surface area contributed by atoms with Gasteiger partial charge in [0.25, 0.3) is 10.0 Å². The zero-order chi connectivity index (χ0) is 34.3. The number of aliphatic hydroxyl groups is 2. The molecule has 2 amide bonds. The SMILES string of the molecule is CC[C@@H]1C2C[C@H](O)CCC2(C)C(C)(C=N)CC[C@@]2(C)[C@@H](CC[C@@H]2[C@H](C)CNC(=O)NS(=O)(=O)c2ccc(C(C)(C)C)cc2)C[C@@H]1O. The molecular formula is C37H61N3O5S. The first-order chi connectivity index (χ1) is 21.3. The number of carbonyl (C=O) groups is 1. The van der Waals surface area contributed by atoms with E-state index in [4.69, 9.17) is 5.41 Å². The van der Waals surface area contributed by atoms with E-state index in [2.05, 4.69) is 65.4 Å². The maximum Gasteiger partial charge on any atom is 0.328 e. The van der Waals surface area contributed by atoms with Gasteiger partial charge < -0.3 is 20.9 Å². The van der Waals surface area contributed by atoms with Crippen LogP contribution in [0.1, 0.15) is 119 Å². The van der Waals surface area contributed by atoms with E-state index >= 15 is 0 Å². The van der Waals surface area contributed by atoms with Crippen molar-refractivity contribution in [2.75, 3.05) is 6.54 Å². The maximum absolute atomic E-state index is 13.0. The minimum Gasteiger partial charge on any atom is -0.393 e. The van der Waals surface area contributed by atoms with Crippen LogP contribution in [0, 0.1) is 51.2 Å². The Labute approximate surface area is 278 Å². The number of nitrogens with one attached hydrogen (secondary N) is 3. The van der Waals surface area contributed by atoms with Crippen molar-refractivity contribution in [3.63, 3.8) is 0 Å². The van der Waals surface area contributed by atoms with Crippen molar-refractivity contribution < 1.29 is 23.4 Å². The number of fused-ring (bicyclic) bond motifs is 2. The molecule has 9 heteroatoms. The van der Waals surface area contributed by atoms with Gasteiger partial charge in [0.15, 0.2) is 0 Å². The topological polar surface area (TPSA) is 140 Å². The van der Waals surface area contributed by atoms with Gasteiger partial charge in [0.05, 0.1) is 17.1 Å². The largest absolute Gasteiger partial charge is 0.393 e. The van der Waals surface area contributed by atoms with Gasteiger partial charge >= 0.3 is 6.03 Å². The van der Waals surface area contributed by atoms with Crippen LogP contribution in [0.4, 0.5) is 4.79 Å². The molecule has 0 spiro atoms. The Kier molecular flexibility index (Phi) is 10.8. The number of benzene rings is 1. The second kappa shape index (κ2) is 13.5. The van der Waals surface area contributed by atoms with Crippen LogP contribution in [-0.2, 0) is 15.4 Å². The van der Waals surface area contributed by atoms with Crippen molar-refractivity contribution in [3.05, 3.63) is 29.8 Å². The highest BCUT2D eigenvalue weighted by Gasteiger charge is 2.57. The number of amides is 2. The van der Waals surface area contributed by atoms with Gasteiger partial charge in [0.2, 0.25) is 0 Å². The highest BCUT2D eigenvalue weighted by Crippen LogP contribution is 2.62. The van der Waals surface area contributed by atoms with Crippen molar-refractivity contribution in [2.45, 2.75) is 136 Å². The van der Waals surface area contributed by atoms with Crippen LogP contribution >= 0.6 is 0 Å². The number of sulfonamides is 1. The minimum atomic E-state index is -4.01. The Hall–Kier alpha value is -1.97. The van der Waals surface area contributed by atoms with Crippen molar-refractivity contribution in [1.29, 1.82) is 5.41 Å². The molecule has 1 aromatic rings. The highest BCUT2D eigenvalue weighted by atomic mass is 32.2. The molecule has 10 atom stereocenters. The highest BCUT2D eigenvalue weighted by molar-refractivity contribution is 7.90. The molecular weight excluding hydrogens is 598 g/mol. The molecule has 4 rings (SSSR count). The number of urea groups is 1. The maximum atomic E-state index is 13.0. The predicted octanol–water partition coefficient (Wildman–Crippen LogP) is 7.03. The average Bonchev–Trinajstić information content (AvgIpc) is 3.31. The predicted molar refractivity (Wildman–Crippen MR) is 184 cm³/mol. The molecule has 3 aliphatic rings. The fourth-order valence-corrected chi connectivity index (χ4v) is 10.8. The van der Waals surface area contributed by atoms with E-state index in [-0.39, 0.29) is 56.3 Å². The van der Waals surface area contributed by atoms with Gasteiger partial charge in [0.1, 0.15) is 0 Å². The van der Waals surface area contributed by atoms with Crippen molar-refractivity contribution >= 4 is 22.3 Å². The molecule has 3 unspecified atom stereocenters. The lowest BCUT2D eigenvalue weighted by atomic mass is 9.47. The van der Waals surface area contributed by atoms with E-state index in [0.717, 1.165) is 56.9 Å². The van der Waals surface area contributed by atoms with E-state index in [1.807, 2.05) is 0 Å². The van der Waals surface area contributed by atoms with E-state index in [9.17, 15) is 23.4 Å². The molecule has 8 nitrogen and oxygen atoms in total. The van der Waals surface area contributed by atoms with Crippen molar-refractivity contribution in [1.82, 2.24) is 10.0 Å². The Morgan fingerprint density at radius 3 is 2.28 bits per heavy atom. The molecule has 0 aliphatic heterocycles. The molecule has 1 aromatic carbocycles. The molecule has 0 bridgehead atoms. The Morgan fingerprint density at radius 2 is 1.70 bits per heavy atom. The molecule has 3 aliphatic carbocycles. The molecule has 0 heterocycles. The van der Waals surface area contributed by atoms with Gasteiger partial charge in [0, 0.05) is 18.2 Å². The van der Waals surface area contributed by atoms with Gasteiger partial charge in [-0.2, -0.15) is 0 Å². The van der Waals surface area contributed by atoms with E-state index in [1.54, 1.807) is 18.3 Å². The number of rotatable bonds is 7. The molecule has 3 saturated carbocycles. The smallest absolute Gasteiger partial charge is 0.328 e. The van der Waals surface area contributed by atoms with Gasteiger partial charge in [-0.3, -0.25) is 0 Å². The Bertz CT molecular complexity index is 1340. The summed E-state index contributed by atoms with van der Waals surface area (Å²) in [5.74, 6) is 0.893. The Morgan fingerprint density at radius 1 is 1.04 bits per heavy atom. The second-order valence-corrected chi connectivity index (χ2v) is 18.5. The summed E-state index contributed by atoms with van der Waals surface area (Å²) >= 11 is 0. The summed E-state index contributed by atoms with van der Waals surface area (Å²) < 4.78 is 28.1. The molecule has 0 radical (unpaired) electrons. The van der Waals surface area contributed by atoms with E-state index in [0.29, 0.717) is 18.9 Å². The van der Waals surface area contributed by atoms with Crippen molar-refractivity contribution in [2.24, 2.45) is 45.8 Å². The number of hydrogen-bond acceptors (Lipinski definition) is 6. The Balaban J connectivity index is 1.49. The van der Waals surface area contributed by atoms with E-state index < -0.39 is 22.2 Å².